The number of likely N-dealkylation sites (N-methyl/N-ethyl adjacent to an activating group) is 1. The van der Waals surface area contributed by atoms with Gasteiger partial charge in [-0.25, -0.2) is 13.4 Å². The third-order valence-electron chi connectivity index (χ3n) is 4.69. The standard InChI is InChI=1S/C18H22N2O4S2/c1-12-19-16(10-25-12)13-4-5-17(24-3)14(8-13)9-18(21)20(2)15-6-7-26(22,23)11-15/h4-5,8,10,15H,6-7,9,11H2,1-3H3. The lowest BCUT2D eigenvalue weighted by Gasteiger charge is -2.24. The van der Waals surface area contributed by atoms with Gasteiger partial charge in [-0.2, -0.15) is 0 Å². The normalized spacial score (nSPS) is 18.7. The highest BCUT2D eigenvalue weighted by atomic mass is 32.2. The molecule has 1 fully saturated rings. The Hall–Kier alpha value is -1.93. The van der Waals surface area contributed by atoms with Crippen molar-refractivity contribution in [3.63, 3.8) is 0 Å². The van der Waals surface area contributed by atoms with Gasteiger partial charge in [0.25, 0.3) is 0 Å². The van der Waals surface area contributed by atoms with Gasteiger partial charge < -0.3 is 9.64 Å². The summed E-state index contributed by atoms with van der Waals surface area (Å²) in [6, 6.07) is 5.44. The molecule has 1 aliphatic heterocycles. The molecule has 0 bridgehead atoms. The first-order chi connectivity index (χ1) is 12.3. The molecule has 3 rings (SSSR count). The Morgan fingerprint density at radius 3 is 2.77 bits per heavy atom. The van der Waals surface area contributed by atoms with Gasteiger partial charge >= 0.3 is 0 Å². The summed E-state index contributed by atoms with van der Waals surface area (Å²) in [5, 5.41) is 2.97. The van der Waals surface area contributed by atoms with E-state index in [0.717, 1.165) is 21.8 Å². The molecule has 1 atom stereocenters. The van der Waals surface area contributed by atoms with Crippen LogP contribution in [0.1, 0.15) is 17.0 Å². The van der Waals surface area contributed by atoms with Gasteiger partial charge in [0.15, 0.2) is 9.84 Å². The summed E-state index contributed by atoms with van der Waals surface area (Å²) in [4.78, 5) is 18.7. The molecule has 1 amide bonds. The van der Waals surface area contributed by atoms with E-state index in [9.17, 15) is 13.2 Å². The molecular formula is C18H22N2O4S2. The zero-order chi connectivity index (χ0) is 18.9. The van der Waals surface area contributed by atoms with Gasteiger partial charge in [0.2, 0.25) is 5.91 Å². The number of benzene rings is 1. The van der Waals surface area contributed by atoms with E-state index in [1.165, 1.54) is 0 Å². The number of hydrogen-bond donors (Lipinski definition) is 0. The van der Waals surface area contributed by atoms with Crippen LogP contribution < -0.4 is 4.74 Å². The Bertz CT molecular complexity index is 921. The van der Waals surface area contributed by atoms with Crippen molar-refractivity contribution in [2.24, 2.45) is 0 Å². The van der Waals surface area contributed by atoms with Crippen molar-refractivity contribution >= 4 is 27.1 Å². The molecule has 0 N–H and O–H groups in total. The predicted molar refractivity (Wildman–Crippen MR) is 102 cm³/mol. The van der Waals surface area contributed by atoms with E-state index in [1.54, 1.807) is 30.4 Å². The summed E-state index contributed by atoms with van der Waals surface area (Å²) in [5.41, 5.74) is 2.58. The molecule has 2 heterocycles. The van der Waals surface area contributed by atoms with Crippen LogP contribution in [0.15, 0.2) is 23.6 Å². The van der Waals surface area contributed by atoms with Crippen molar-refractivity contribution in [2.45, 2.75) is 25.8 Å². The van der Waals surface area contributed by atoms with Gasteiger partial charge in [-0.1, -0.05) is 0 Å². The SMILES string of the molecule is COc1ccc(-c2csc(C)n2)cc1CC(=O)N(C)C1CCS(=O)(=O)C1. The topological polar surface area (TPSA) is 76.6 Å². The van der Waals surface area contributed by atoms with Crippen LogP contribution in [0.3, 0.4) is 0 Å². The van der Waals surface area contributed by atoms with E-state index < -0.39 is 9.84 Å². The summed E-state index contributed by atoms with van der Waals surface area (Å²) in [7, 11) is 0.221. The molecular weight excluding hydrogens is 372 g/mol. The molecule has 2 aromatic rings. The number of methoxy groups -OCH3 is 1. The lowest BCUT2D eigenvalue weighted by molar-refractivity contribution is -0.130. The summed E-state index contributed by atoms with van der Waals surface area (Å²) in [6.07, 6.45) is 0.660. The van der Waals surface area contributed by atoms with Gasteiger partial charge in [0.1, 0.15) is 5.75 Å². The Balaban J connectivity index is 1.80. The maximum absolute atomic E-state index is 12.7. The van der Waals surface area contributed by atoms with Crippen molar-refractivity contribution in [3.8, 4) is 17.0 Å². The zero-order valence-corrected chi connectivity index (χ0v) is 16.7. The van der Waals surface area contributed by atoms with Gasteiger partial charge in [0, 0.05) is 29.6 Å². The molecule has 0 aliphatic carbocycles. The number of ether oxygens (including phenoxy) is 1. The highest BCUT2D eigenvalue weighted by molar-refractivity contribution is 7.91. The number of hydrogen-bond acceptors (Lipinski definition) is 6. The lowest BCUT2D eigenvalue weighted by atomic mass is 10.0. The van der Waals surface area contributed by atoms with Crippen LogP contribution >= 0.6 is 11.3 Å². The fourth-order valence-corrected chi connectivity index (χ4v) is 5.54. The van der Waals surface area contributed by atoms with E-state index in [2.05, 4.69) is 4.98 Å². The van der Waals surface area contributed by atoms with E-state index in [4.69, 9.17) is 4.74 Å². The van der Waals surface area contributed by atoms with Gasteiger partial charge in [0.05, 0.1) is 35.7 Å². The quantitative estimate of drug-likeness (QED) is 0.778. The maximum Gasteiger partial charge on any atom is 0.227 e. The smallest absolute Gasteiger partial charge is 0.227 e. The summed E-state index contributed by atoms with van der Waals surface area (Å²) >= 11 is 1.58. The number of thiazole rings is 1. The molecule has 140 valence electrons. The number of nitrogens with zero attached hydrogens (tertiary/aromatic N) is 2. The van der Waals surface area contributed by atoms with Crippen molar-refractivity contribution in [3.05, 3.63) is 34.2 Å². The summed E-state index contributed by atoms with van der Waals surface area (Å²) < 4.78 is 28.7. The van der Waals surface area contributed by atoms with E-state index in [0.29, 0.717) is 12.2 Å². The predicted octanol–water partition coefficient (Wildman–Crippen LogP) is 2.32. The highest BCUT2D eigenvalue weighted by Gasteiger charge is 2.32. The average Bonchev–Trinajstić information content (AvgIpc) is 3.19. The van der Waals surface area contributed by atoms with Crippen molar-refractivity contribution < 1.29 is 17.9 Å². The number of carbonyl (C=O) groups excluding carboxylic acids is 1. The molecule has 1 aliphatic rings. The first-order valence-electron chi connectivity index (χ1n) is 8.34. The van der Waals surface area contributed by atoms with Crippen LogP contribution in [0.2, 0.25) is 0 Å². The highest BCUT2D eigenvalue weighted by Crippen LogP contribution is 2.28. The second-order valence-corrected chi connectivity index (χ2v) is 9.81. The summed E-state index contributed by atoms with van der Waals surface area (Å²) in [6.45, 7) is 1.95. The maximum atomic E-state index is 12.7. The number of rotatable bonds is 5. The molecule has 8 heteroatoms. The fourth-order valence-electron chi connectivity index (χ4n) is 3.14. The Kier molecular flexibility index (Phi) is 5.34. The van der Waals surface area contributed by atoms with Crippen LogP contribution in [-0.2, 0) is 21.1 Å². The van der Waals surface area contributed by atoms with Crippen LogP contribution in [0.25, 0.3) is 11.3 Å². The Morgan fingerprint density at radius 2 is 2.19 bits per heavy atom. The fraction of sp³-hybridized carbons (Fsp3) is 0.444. The third-order valence-corrected chi connectivity index (χ3v) is 7.21. The minimum Gasteiger partial charge on any atom is -0.496 e. The largest absolute Gasteiger partial charge is 0.496 e. The number of amides is 1. The third kappa shape index (κ3) is 4.07. The molecule has 0 spiro atoms. The molecule has 1 aromatic heterocycles. The van der Waals surface area contributed by atoms with Gasteiger partial charge in [-0.3, -0.25) is 4.79 Å². The zero-order valence-electron chi connectivity index (χ0n) is 15.1. The number of carbonyl (C=O) groups is 1. The Labute approximate surface area is 157 Å². The van der Waals surface area contributed by atoms with Crippen molar-refractivity contribution in [2.75, 3.05) is 25.7 Å². The first kappa shape index (κ1) is 18.8. The van der Waals surface area contributed by atoms with Crippen LogP contribution in [-0.4, -0.2) is 55.9 Å². The monoisotopic (exact) mass is 394 g/mol. The lowest BCUT2D eigenvalue weighted by Crippen LogP contribution is -2.38. The average molecular weight is 395 g/mol. The van der Waals surface area contributed by atoms with Gasteiger partial charge in [-0.15, -0.1) is 11.3 Å². The van der Waals surface area contributed by atoms with Gasteiger partial charge in [-0.05, 0) is 31.5 Å². The number of aromatic nitrogens is 1. The Morgan fingerprint density at radius 1 is 1.42 bits per heavy atom. The van der Waals surface area contributed by atoms with Crippen molar-refractivity contribution in [1.29, 1.82) is 0 Å². The van der Waals surface area contributed by atoms with Crippen LogP contribution in [0.4, 0.5) is 0 Å². The second-order valence-electron chi connectivity index (χ2n) is 6.52. The molecule has 1 saturated heterocycles. The first-order valence-corrected chi connectivity index (χ1v) is 11.0. The molecule has 1 aromatic carbocycles. The molecule has 1 unspecified atom stereocenters. The summed E-state index contributed by atoms with van der Waals surface area (Å²) in [5.74, 6) is 0.723. The van der Waals surface area contributed by atoms with E-state index in [1.807, 2.05) is 30.5 Å². The van der Waals surface area contributed by atoms with Crippen LogP contribution in [0, 0.1) is 6.92 Å². The minimum absolute atomic E-state index is 0.0461. The van der Waals surface area contributed by atoms with E-state index in [-0.39, 0.29) is 29.9 Å². The number of sulfone groups is 1. The molecule has 26 heavy (non-hydrogen) atoms. The van der Waals surface area contributed by atoms with E-state index >= 15 is 0 Å². The second kappa shape index (κ2) is 7.36. The number of aryl methyl sites for hydroxylation is 1. The molecule has 0 radical (unpaired) electrons. The van der Waals surface area contributed by atoms with Crippen LogP contribution in [0.5, 0.6) is 5.75 Å². The molecule has 0 saturated carbocycles. The minimum atomic E-state index is -3.03. The molecule has 6 nitrogen and oxygen atoms in total. The van der Waals surface area contributed by atoms with Crippen molar-refractivity contribution in [1.82, 2.24) is 9.88 Å².